The molecular weight excluding hydrogens is 264 g/mol. The van der Waals surface area contributed by atoms with Crippen molar-refractivity contribution >= 4 is 29.2 Å². The second-order valence-electron chi connectivity index (χ2n) is 3.26. The first-order valence-corrected chi connectivity index (χ1v) is 5.53. The number of benzene rings is 1. The largest absolute Gasteiger partial charge is 0.357 e. The number of hydrogen-bond donors (Lipinski definition) is 1. The molecule has 0 aliphatic carbocycles. The molecular formula is C11H8Cl2FN3. The smallest absolute Gasteiger partial charge is 0.223 e. The van der Waals surface area contributed by atoms with E-state index in [2.05, 4.69) is 15.3 Å². The van der Waals surface area contributed by atoms with E-state index >= 15 is 0 Å². The zero-order valence-electron chi connectivity index (χ0n) is 8.84. The third-order valence-corrected chi connectivity index (χ3v) is 2.72. The number of nitrogens with one attached hydrogen (secondary N) is 1. The molecule has 0 amide bonds. The number of hydrogen-bond acceptors (Lipinski definition) is 3. The summed E-state index contributed by atoms with van der Waals surface area (Å²) >= 11 is 11.8. The molecule has 0 saturated carbocycles. The second-order valence-corrected chi connectivity index (χ2v) is 4.11. The van der Waals surface area contributed by atoms with Crippen LogP contribution in [-0.4, -0.2) is 17.0 Å². The molecule has 0 aliphatic heterocycles. The maximum absolute atomic E-state index is 13.6. The third kappa shape index (κ3) is 2.48. The van der Waals surface area contributed by atoms with Gasteiger partial charge >= 0.3 is 0 Å². The van der Waals surface area contributed by atoms with Gasteiger partial charge in [-0.1, -0.05) is 23.2 Å². The summed E-state index contributed by atoms with van der Waals surface area (Å²) in [5, 5.41) is 3.58. The van der Waals surface area contributed by atoms with E-state index in [4.69, 9.17) is 23.2 Å². The first-order chi connectivity index (χ1) is 8.11. The number of rotatable bonds is 2. The van der Waals surface area contributed by atoms with Crippen LogP contribution in [0.3, 0.4) is 0 Å². The van der Waals surface area contributed by atoms with E-state index in [1.807, 2.05) is 0 Å². The molecule has 2 rings (SSSR count). The van der Waals surface area contributed by atoms with Gasteiger partial charge in [-0.15, -0.1) is 0 Å². The predicted molar refractivity (Wildman–Crippen MR) is 67.0 cm³/mol. The highest BCUT2D eigenvalue weighted by Gasteiger charge is 2.12. The Labute approximate surface area is 108 Å². The molecule has 0 unspecified atom stereocenters. The highest BCUT2D eigenvalue weighted by Crippen LogP contribution is 2.31. The Morgan fingerprint density at radius 1 is 1.29 bits per heavy atom. The normalized spacial score (nSPS) is 10.4. The Kier molecular flexibility index (Phi) is 3.45. The van der Waals surface area contributed by atoms with Crippen LogP contribution < -0.4 is 5.32 Å². The molecule has 0 radical (unpaired) electrons. The summed E-state index contributed by atoms with van der Waals surface area (Å²) in [4.78, 5) is 7.78. The summed E-state index contributed by atoms with van der Waals surface area (Å²) < 4.78 is 13.6. The summed E-state index contributed by atoms with van der Waals surface area (Å²) in [6.45, 7) is 0. The predicted octanol–water partition coefficient (Wildman–Crippen LogP) is 3.63. The van der Waals surface area contributed by atoms with Gasteiger partial charge in [-0.25, -0.2) is 14.4 Å². The van der Waals surface area contributed by atoms with Crippen LogP contribution in [0, 0.1) is 5.82 Å². The van der Waals surface area contributed by atoms with Crippen molar-refractivity contribution in [3.05, 3.63) is 40.3 Å². The topological polar surface area (TPSA) is 37.8 Å². The average molecular weight is 272 g/mol. The lowest BCUT2D eigenvalue weighted by molar-refractivity contribution is 0.619. The quantitative estimate of drug-likeness (QED) is 0.907. The minimum atomic E-state index is -0.548. The van der Waals surface area contributed by atoms with Crippen molar-refractivity contribution in [3.63, 3.8) is 0 Å². The summed E-state index contributed by atoms with van der Waals surface area (Å²) in [6.07, 6.45) is 1.09. The third-order valence-electron chi connectivity index (χ3n) is 2.15. The fourth-order valence-corrected chi connectivity index (χ4v) is 1.73. The maximum atomic E-state index is 13.6. The van der Waals surface area contributed by atoms with Crippen LogP contribution in [0.15, 0.2) is 24.4 Å². The lowest BCUT2D eigenvalue weighted by Gasteiger charge is -2.07. The molecule has 3 nitrogen and oxygen atoms in total. The van der Waals surface area contributed by atoms with Crippen molar-refractivity contribution in [1.82, 2.24) is 9.97 Å². The number of aromatic nitrogens is 2. The van der Waals surface area contributed by atoms with Crippen LogP contribution >= 0.6 is 23.2 Å². The molecule has 2 aromatic rings. The Hall–Kier alpha value is -1.39. The van der Waals surface area contributed by atoms with Gasteiger partial charge in [0.05, 0.1) is 11.2 Å². The fraction of sp³-hybridized carbons (Fsp3) is 0.0909. The van der Waals surface area contributed by atoms with Crippen molar-refractivity contribution in [3.8, 4) is 11.3 Å². The van der Waals surface area contributed by atoms with Crippen LogP contribution in [-0.2, 0) is 0 Å². The van der Waals surface area contributed by atoms with Crippen LogP contribution in [0.4, 0.5) is 10.3 Å². The molecule has 1 heterocycles. The van der Waals surface area contributed by atoms with Gasteiger partial charge in [0.15, 0.2) is 5.82 Å². The lowest BCUT2D eigenvalue weighted by Crippen LogP contribution is -2.00. The maximum Gasteiger partial charge on any atom is 0.223 e. The van der Waals surface area contributed by atoms with E-state index in [0.29, 0.717) is 21.6 Å². The fourth-order valence-electron chi connectivity index (χ4n) is 1.36. The van der Waals surface area contributed by atoms with Crippen LogP contribution in [0.1, 0.15) is 0 Å². The molecule has 1 aromatic carbocycles. The molecule has 0 aliphatic rings. The standard InChI is InChI=1S/C11H8Cl2FN3/c1-15-11-16-5-9(14)10(17-11)7-4-6(12)2-3-8(7)13/h2-5H,1H3,(H,15,16,17). The molecule has 0 saturated heterocycles. The molecule has 1 aromatic heterocycles. The van der Waals surface area contributed by atoms with E-state index in [1.54, 1.807) is 25.2 Å². The second kappa shape index (κ2) is 4.85. The van der Waals surface area contributed by atoms with Crippen molar-refractivity contribution in [2.45, 2.75) is 0 Å². The highest BCUT2D eigenvalue weighted by atomic mass is 35.5. The van der Waals surface area contributed by atoms with Crippen molar-refractivity contribution in [1.29, 1.82) is 0 Å². The molecule has 0 fully saturated rings. The highest BCUT2D eigenvalue weighted by molar-refractivity contribution is 6.35. The van der Waals surface area contributed by atoms with Gasteiger partial charge in [-0.3, -0.25) is 0 Å². The zero-order valence-corrected chi connectivity index (χ0v) is 10.3. The molecule has 0 bridgehead atoms. The molecule has 0 spiro atoms. The van der Waals surface area contributed by atoms with Crippen LogP contribution in [0.2, 0.25) is 10.0 Å². The van der Waals surface area contributed by atoms with Crippen LogP contribution in [0.25, 0.3) is 11.3 Å². The van der Waals surface area contributed by atoms with Crippen molar-refractivity contribution < 1.29 is 4.39 Å². The van der Waals surface area contributed by atoms with Gasteiger partial charge in [0.25, 0.3) is 0 Å². The van der Waals surface area contributed by atoms with Gasteiger partial charge < -0.3 is 5.32 Å². The van der Waals surface area contributed by atoms with E-state index in [1.165, 1.54) is 0 Å². The molecule has 88 valence electrons. The minimum absolute atomic E-state index is 0.122. The van der Waals surface area contributed by atoms with Crippen LogP contribution in [0.5, 0.6) is 0 Å². The van der Waals surface area contributed by atoms with Gasteiger partial charge in [-0.2, -0.15) is 0 Å². The zero-order chi connectivity index (χ0) is 12.4. The van der Waals surface area contributed by atoms with E-state index in [0.717, 1.165) is 6.20 Å². The Morgan fingerprint density at radius 2 is 2.06 bits per heavy atom. The van der Waals surface area contributed by atoms with E-state index < -0.39 is 5.82 Å². The van der Waals surface area contributed by atoms with Gasteiger partial charge in [0.1, 0.15) is 5.69 Å². The number of nitrogens with zero attached hydrogens (tertiary/aromatic N) is 2. The summed E-state index contributed by atoms with van der Waals surface area (Å²) in [7, 11) is 1.65. The van der Waals surface area contributed by atoms with E-state index in [9.17, 15) is 4.39 Å². The Balaban J connectivity index is 2.62. The van der Waals surface area contributed by atoms with Gasteiger partial charge in [0.2, 0.25) is 5.95 Å². The number of anilines is 1. The van der Waals surface area contributed by atoms with Gasteiger partial charge in [0, 0.05) is 17.6 Å². The molecule has 0 atom stereocenters. The first-order valence-electron chi connectivity index (χ1n) is 4.77. The summed E-state index contributed by atoms with van der Waals surface area (Å²) in [5.74, 6) is -0.231. The van der Waals surface area contributed by atoms with Crippen molar-refractivity contribution in [2.24, 2.45) is 0 Å². The first kappa shape index (κ1) is 12.1. The molecule has 1 N–H and O–H groups in total. The SMILES string of the molecule is CNc1ncc(F)c(-c2cc(Cl)ccc2Cl)n1. The Bertz CT molecular complexity index is 560. The molecule has 6 heteroatoms. The minimum Gasteiger partial charge on any atom is -0.357 e. The average Bonchev–Trinajstić information content (AvgIpc) is 2.33. The molecule has 17 heavy (non-hydrogen) atoms. The summed E-state index contributed by atoms with van der Waals surface area (Å²) in [6, 6.07) is 4.79. The Morgan fingerprint density at radius 3 is 2.76 bits per heavy atom. The van der Waals surface area contributed by atoms with E-state index in [-0.39, 0.29) is 5.69 Å². The lowest BCUT2D eigenvalue weighted by atomic mass is 10.1. The number of halogens is 3. The van der Waals surface area contributed by atoms with Gasteiger partial charge in [-0.05, 0) is 18.2 Å². The monoisotopic (exact) mass is 271 g/mol. The summed E-state index contributed by atoms with van der Waals surface area (Å²) in [5.41, 5.74) is 0.562. The van der Waals surface area contributed by atoms with Crippen molar-refractivity contribution in [2.75, 3.05) is 12.4 Å².